The van der Waals surface area contributed by atoms with Crippen LogP contribution in [0, 0.1) is 0 Å². The average Bonchev–Trinajstić information content (AvgIpc) is 2.45. The third kappa shape index (κ3) is 4.41. The summed E-state index contributed by atoms with van der Waals surface area (Å²) in [6.07, 6.45) is 6.89. The molecule has 0 heterocycles. The molecule has 1 aromatic rings. The minimum Gasteiger partial charge on any atom is -0.383 e. The summed E-state index contributed by atoms with van der Waals surface area (Å²) in [7, 11) is 3.92. The number of anilines is 1. The number of carbonyl (C=O) groups excluding carboxylic acids is 1. The molecule has 1 rings (SSSR count). The molecule has 1 N–H and O–H groups in total. The summed E-state index contributed by atoms with van der Waals surface area (Å²) in [5.74, 6) is 0. The zero-order valence-electron chi connectivity index (χ0n) is 13.2. The Morgan fingerprint density at radius 3 is 2.35 bits per heavy atom. The van der Waals surface area contributed by atoms with Crippen LogP contribution in [0.5, 0.6) is 0 Å². The molecule has 3 heteroatoms. The van der Waals surface area contributed by atoms with Gasteiger partial charge in [0, 0.05) is 30.9 Å². The van der Waals surface area contributed by atoms with Gasteiger partial charge in [-0.05, 0) is 49.7 Å². The second-order valence-electron chi connectivity index (χ2n) is 5.63. The molecule has 0 spiro atoms. The number of benzene rings is 1. The Hall–Kier alpha value is -1.77. The molecule has 0 aliphatic rings. The normalized spacial score (nSPS) is 11.7. The van der Waals surface area contributed by atoms with Gasteiger partial charge in [-0.3, -0.25) is 4.79 Å². The van der Waals surface area contributed by atoms with E-state index in [1.54, 1.807) is 0 Å². The van der Waals surface area contributed by atoms with E-state index in [-0.39, 0.29) is 5.54 Å². The Kier molecular flexibility index (Phi) is 5.81. The Morgan fingerprint density at radius 1 is 1.20 bits per heavy atom. The Balaban J connectivity index is 3.01. The molecule has 0 aliphatic carbocycles. The van der Waals surface area contributed by atoms with Crippen LogP contribution in [0.3, 0.4) is 0 Å². The molecule has 0 atom stereocenters. The quantitative estimate of drug-likeness (QED) is 0.762. The van der Waals surface area contributed by atoms with Gasteiger partial charge < -0.3 is 10.2 Å². The van der Waals surface area contributed by atoms with Crippen LogP contribution in [-0.2, 0) is 0 Å². The highest BCUT2D eigenvalue weighted by molar-refractivity contribution is 5.83. The van der Waals surface area contributed by atoms with Gasteiger partial charge in [0.05, 0.1) is 0 Å². The van der Waals surface area contributed by atoms with Crippen molar-refractivity contribution in [2.75, 3.05) is 19.4 Å². The fourth-order valence-electron chi connectivity index (χ4n) is 1.91. The van der Waals surface area contributed by atoms with Crippen molar-refractivity contribution in [2.24, 2.45) is 0 Å². The van der Waals surface area contributed by atoms with Gasteiger partial charge in [-0.15, -0.1) is 0 Å². The summed E-state index contributed by atoms with van der Waals surface area (Å²) < 4.78 is 0. The minimum atomic E-state index is 0.0706. The number of hydrogen-bond donors (Lipinski definition) is 1. The summed E-state index contributed by atoms with van der Waals surface area (Å²) in [4.78, 5) is 13.2. The largest absolute Gasteiger partial charge is 0.383 e. The van der Waals surface area contributed by atoms with Crippen LogP contribution in [0.4, 0.5) is 5.69 Å². The molecule has 0 aliphatic heterocycles. The van der Waals surface area contributed by atoms with E-state index in [1.165, 1.54) is 0 Å². The molecule has 0 fully saturated rings. The van der Waals surface area contributed by atoms with E-state index >= 15 is 0 Å². The summed E-state index contributed by atoms with van der Waals surface area (Å²) in [5, 5.41) is 3.53. The molecule has 0 radical (unpaired) electrons. The SMILES string of the molecule is CCC(C)(CC)Nc1ccc(/C=C\N(C)C)c(C=O)c1. The highest BCUT2D eigenvalue weighted by Gasteiger charge is 2.19. The minimum absolute atomic E-state index is 0.0706. The van der Waals surface area contributed by atoms with Gasteiger partial charge in [0.2, 0.25) is 0 Å². The van der Waals surface area contributed by atoms with Gasteiger partial charge in [0.1, 0.15) is 0 Å². The molecule has 0 unspecified atom stereocenters. The van der Waals surface area contributed by atoms with Crippen molar-refractivity contribution in [3.8, 4) is 0 Å². The zero-order chi connectivity index (χ0) is 15.2. The Labute approximate surface area is 122 Å². The van der Waals surface area contributed by atoms with Crippen LogP contribution in [-0.4, -0.2) is 30.8 Å². The number of nitrogens with zero attached hydrogens (tertiary/aromatic N) is 1. The first-order valence-electron chi connectivity index (χ1n) is 7.16. The van der Waals surface area contributed by atoms with Gasteiger partial charge in [-0.1, -0.05) is 19.9 Å². The third-order valence-corrected chi connectivity index (χ3v) is 3.77. The van der Waals surface area contributed by atoms with Crippen LogP contribution in [0.15, 0.2) is 24.4 Å². The van der Waals surface area contributed by atoms with Gasteiger partial charge in [-0.25, -0.2) is 0 Å². The maximum atomic E-state index is 11.3. The van der Waals surface area contributed by atoms with E-state index in [2.05, 4.69) is 26.1 Å². The van der Waals surface area contributed by atoms with Crippen molar-refractivity contribution < 1.29 is 4.79 Å². The number of nitrogens with one attached hydrogen (secondary N) is 1. The van der Waals surface area contributed by atoms with Gasteiger partial charge in [0.15, 0.2) is 6.29 Å². The predicted octanol–water partition coefficient (Wildman–Crippen LogP) is 4.02. The lowest BCUT2D eigenvalue weighted by molar-refractivity contribution is 0.112. The van der Waals surface area contributed by atoms with Crippen molar-refractivity contribution in [1.82, 2.24) is 4.90 Å². The van der Waals surface area contributed by atoms with E-state index in [0.29, 0.717) is 5.56 Å². The van der Waals surface area contributed by atoms with Crippen LogP contribution < -0.4 is 5.32 Å². The highest BCUT2D eigenvalue weighted by atomic mass is 16.1. The van der Waals surface area contributed by atoms with Crippen molar-refractivity contribution in [3.05, 3.63) is 35.5 Å². The summed E-state index contributed by atoms with van der Waals surface area (Å²) in [6.45, 7) is 6.55. The first kappa shape index (κ1) is 16.3. The predicted molar refractivity (Wildman–Crippen MR) is 87.2 cm³/mol. The topological polar surface area (TPSA) is 32.3 Å². The molecule has 1 aromatic carbocycles. The van der Waals surface area contributed by atoms with Gasteiger partial charge in [-0.2, -0.15) is 0 Å². The summed E-state index contributed by atoms with van der Waals surface area (Å²) >= 11 is 0. The van der Waals surface area contributed by atoms with E-state index in [0.717, 1.165) is 30.4 Å². The maximum Gasteiger partial charge on any atom is 0.150 e. The third-order valence-electron chi connectivity index (χ3n) is 3.77. The van der Waals surface area contributed by atoms with E-state index in [1.807, 2.05) is 49.5 Å². The lowest BCUT2D eigenvalue weighted by Gasteiger charge is -2.29. The van der Waals surface area contributed by atoms with Crippen LogP contribution in [0.25, 0.3) is 6.08 Å². The fraction of sp³-hybridized carbons (Fsp3) is 0.471. The second kappa shape index (κ2) is 7.13. The van der Waals surface area contributed by atoms with Crippen molar-refractivity contribution in [3.63, 3.8) is 0 Å². The number of rotatable bonds is 7. The molecular weight excluding hydrogens is 248 g/mol. The van der Waals surface area contributed by atoms with Crippen molar-refractivity contribution in [1.29, 1.82) is 0 Å². The highest BCUT2D eigenvalue weighted by Crippen LogP contribution is 2.23. The standard InChI is InChI=1S/C17H26N2O/c1-6-17(3,7-2)18-16-9-8-14(10-11-19(4)5)15(12-16)13-20/h8-13,18H,6-7H2,1-5H3/b11-10-. The Bertz CT molecular complexity index is 474. The Morgan fingerprint density at radius 2 is 1.85 bits per heavy atom. The zero-order valence-corrected chi connectivity index (χ0v) is 13.2. The average molecular weight is 274 g/mol. The van der Waals surface area contributed by atoms with Gasteiger partial charge >= 0.3 is 0 Å². The molecule has 0 saturated heterocycles. The smallest absolute Gasteiger partial charge is 0.150 e. The molecular formula is C17H26N2O. The lowest BCUT2D eigenvalue weighted by atomic mass is 9.94. The maximum absolute atomic E-state index is 11.3. The monoisotopic (exact) mass is 274 g/mol. The van der Waals surface area contributed by atoms with E-state index in [4.69, 9.17) is 0 Å². The van der Waals surface area contributed by atoms with Crippen molar-refractivity contribution >= 4 is 18.0 Å². The molecule has 20 heavy (non-hydrogen) atoms. The van der Waals surface area contributed by atoms with Crippen LogP contribution in [0.1, 0.15) is 49.5 Å². The molecule has 0 aromatic heterocycles. The van der Waals surface area contributed by atoms with Crippen LogP contribution in [0.2, 0.25) is 0 Å². The number of hydrogen-bond acceptors (Lipinski definition) is 3. The summed E-state index contributed by atoms with van der Waals surface area (Å²) in [6, 6.07) is 5.94. The van der Waals surface area contributed by atoms with E-state index < -0.39 is 0 Å². The second-order valence-corrected chi connectivity index (χ2v) is 5.63. The molecule has 3 nitrogen and oxygen atoms in total. The first-order chi connectivity index (χ1) is 9.44. The number of carbonyl (C=O) groups is 1. The molecule has 0 saturated carbocycles. The van der Waals surface area contributed by atoms with E-state index in [9.17, 15) is 4.79 Å². The van der Waals surface area contributed by atoms with Crippen LogP contribution >= 0.6 is 0 Å². The van der Waals surface area contributed by atoms with Gasteiger partial charge in [0.25, 0.3) is 0 Å². The first-order valence-corrected chi connectivity index (χ1v) is 7.16. The number of aldehydes is 1. The van der Waals surface area contributed by atoms with Crippen molar-refractivity contribution in [2.45, 2.75) is 39.2 Å². The lowest BCUT2D eigenvalue weighted by Crippen LogP contribution is -2.32. The molecule has 0 bridgehead atoms. The fourth-order valence-corrected chi connectivity index (χ4v) is 1.91. The molecule has 110 valence electrons. The summed E-state index contributed by atoms with van der Waals surface area (Å²) in [5.41, 5.74) is 2.72. The molecule has 0 amide bonds.